The van der Waals surface area contributed by atoms with Crippen molar-refractivity contribution in [1.29, 1.82) is 0 Å². The number of rotatable bonds is 4. The third-order valence-electron chi connectivity index (χ3n) is 2.43. The van der Waals surface area contributed by atoms with Gasteiger partial charge in [0.1, 0.15) is 0 Å². The zero-order chi connectivity index (χ0) is 13.0. The number of carbonyl (C=O) groups excluding carboxylic acids is 1. The van der Waals surface area contributed by atoms with Crippen LogP contribution in [-0.2, 0) is 9.59 Å². The van der Waals surface area contributed by atoms with Crippen LogP contribution in [-0.4, -0.2) is 32.9 Å². The first-order chi connectivity index (χ1) is 7.95. The average molecular weight is 236 g/mol. The fourth-order valence-corrected chi connectivity index (χ4v) is 1.80. The molecule has 5 heteroatoms. The summed E-state index contributed by atoms with van der Waals surface area (Å²) in [4.78, 5) is 28.1. The fourth-order valence-electron chi connectivity index (χ4n) is 1.80. The SMILES string of the molecule is CC(=O)N(C(C)C)C(C(=O)O)c1cccnc1. The number of aliphatic carboxylic acids is 1. The van der Waals surface area contributed by atoms with Crippen molar-refractivity contribution < 1.29 is 14.7 Å². The number of pyridine rings is 1. The van der Waals surface area contributed by atoms with E-state index in [2.05, 4.69) is 4.98 Å². The predicted molar refractivity (Wildman–Crippen MR) is 62.3 cm³/mol. The van der Waals surface area contributed by atoms with Crippen LogP contribution in [0.15, 0.2) is 24.5 Å². The second-order valence-electron chi connectivity index (χ2n) is 4.05. The highest BCUT2D eigenvalue weighted by Gasteiger charge is 2.31. The van der Waals surface area contributed by atoms with Gasteiger partial charge >= 0.3 is 5.97 Å². The van der Waals surface area contributed by atoms with E-state index in [4.69, 9.17) is 0 Å². The molecule has 0 aliphatic carbocycles. The molecule has 0 spiro atoms. The Hall–Kier alpha value is -1.91. The number of carboxylic acid groups (broad SMARTS) is 1. The minimum Gasteiger partial charge on any atom is -0.479 e. The molecule has 1 aromatic rings. The molecule has 1 unspecified atom stereocenters. The van der Waals surface area contributed by atoms with Crippen molar-refractivity contribution in [3.8, 4) is 0 Å². The molecule has 0 saturated heterocycles. The van der Waals surface area contributed by atoms with Gasteiger partial charge in [0.15, 0.2) is 6.04 Å². The van der Waals surface area contributed by atoms with E-state index >= 15 is 0 Å². The molecule has 0 bridgehead atoms. The van der Waals surface area contributed by atoms with E-state index in [-0.39, 0.29) is 11.9 Å². The summed E-state index contributed by atoms with van der Waals surface area (Å²) >= 11 is 0. The van der Waals surface area contributed by atoms with Crippen LogP contribution in [0.3, 0.4) is 0 Å². The predicted octanol–water partition coefficient (Wildman–Crippen LogP) is 1.46. The van der Waals surface area contributed by atoms with Crippen LogP contribution in [0.2, 0.25) is 0 Å². The van der Waals surface area contributed by atoms with Gasteiger partial charge < -0.3 is 10.0 Å². The van der Waals surface area contributed by atoms with Crippen LogP contribution < -0.4 is 0 Å². The lowest BCUT2D eigenvalue weighted by Gasteiger charge is -2.31. The second kappa shape index (κ2) is 5.43. The first-order valence-corrected chi connectivity index (χ1v) is 5.36. The highest BCUT2D eigenvalue weighted by molar-refractivity contribution is 5.83. The Balaban J connectivity index is 3.17. The van der Waals surface area contributed by atoms with E-state index in [1.165, 1.54) is 18.0 Å². The van der Waals surface area contributed by atoms with E-state index in [1.54, 1.807) is 32.2 Å². The maximum atomic E-state index is 11.5. The Morgan fingerprint density at radius 1 is 1.41 bits per heavy atom. The Morgan fingerprint density at radius 2 is 2.06 bits per heavy atom. The molecule has 0 radical (unpaired) electrons. The van der Waals surface area contributed by atoms with Crippen LogP contribution in [0.5, 0.6) is 0 Å². The molecule has 1 N–H and O–H groups in total. The average Bonchev–Trinajstić information content (AvgIpc) is 2.25. The van der Waals surface area contributed by atoms with E-state index in [1.807, 2.05) is 0 Å². The number of nitrogens with zero attached hydrogens (tertiary/aromatic N) is 2. The number of amides is 1. The molecule has 0 aliphatic rings. The molecule has 0 aromatic carbocycles. The first-order valence-electron chi connectivity index (χ1n) is 5.36. The molecule has 1 heterocycles. The maximum Gasteiger partial charge on any atom is 0.331 e. The lowest BCUT2D eigenvalue weighted by molar-refractivity contribution is -0.151. The van der Waals surface area contributed by atoms with Gasteiger partial charge in [-0.15, -0.1) is 0 Å². The Kier molecular flexibility index (Phi) is 4.20. The topological polar surface area (TPSA) is 70.5 Å². The standard InChI is InChI=1S/C12H16N2O3/c1-8(2)14(9(3)15)11(12(16)17)10-5-4-6-13-7-10/h4-8,11H,1-3H3,(H,16,17). The van der Waals surface area contributed by atoms with E-state index in [0.717, 1.165) is 0 Å². The van der Waals surface area contributed by atoms with Gasteiger partial charge in [0.2, 0.25) is 5.91 Å². The van der Waals surface area contributed by atoms with Crippen molar-refractivity contribution in [1.82, 2.24) is 9.88 Å². The Bertz CT molecular complexity index is 403. The summed E-state index contributed by atoms with van der Waals surface area (Å²) in [7, 11) is 0. The molecule has 0 aliphatic heterocycles. The smallest absolute Gasteiger partial charge is 0.331 e. The van der Waals surface area contributed by atoms with Crippen LogP contribution >= 0.6 is 0 Å². The molecular weight excluding hydrogens is 220 g/mol. The van der Waals surface area contributed by atoms with Crippen molar-refractivity contribution in [3.63, 3.8) is 0 Å². The molecule has 1 atom stereocenters. The van der Waals surface area contributed by atoms with Crippen LogP contribution in [0.4, 0.5) is 0 Å². The molecule has 0 fully saturated rings. The third kappa shape index (κ3) is 3.03. The van der Waals surface area contributed by atoms with E-state index in [0.29, 0.717) is 5.56 Å². The monoisotopic (exact) mass is 236 g/mol. The molecule has 92 valence electrons. The quantitative estimate of drug-likeness (QED) is 0.859. The van der Waals surface area contributed by atoms with Gasteiger partial charge in [-0.05, 0) is 19.9 Å². The van der Waals surface area contributed by atoms with Gasteiger partial charge in [-0.1, -0.05) is 6.07 Å². The largest absolute Gasteiger partial charge is 0.479 e. The van der Waals surface area contributed by atoms with Gasteiger partial charge in [-0.3, -0.25) is 9.78 Å². The number of aromatic nitrogens is 1. The lowest BCUT2D eigenvalue weighted by Crippen LogP contribution is -2.42. The maximum absolute atomic E-state index is 11.5. The number of carbonyl (C=O) groups is 2. The summed E-state index contributed by atoms with van der Waals surface area (Å²) < 4.78 is 0. The summed E-state index contributed by atoms with van der Waals surface area (Å²) in [6, 6.07) is 2.14. The van der Waals surface area contributed by atoms with Gasteiger partial charge in [0.05, 0.1) is 0 Å². The number of carboxylic acids is 1. The Morgan fingerprint density at radius 3 is 2.41 bits per heavy atom. The normalized spacial score (nSPS) is 12.2. The Labute approximate surface area is 100 Å². The minimum atomic E-state index is -1.05. The van der Waals surface area contributed by atoms with Crippen molar-refractivity contribution >= 4 is 11.9 Å². The van der Waals surface area contributed by atoms with Gasteiger partial charge in [-0.2, -0.15) is 0 Å². The highest BCUT2D eigenvalue weighted by atomic mass is 16.4. The van der Waals surface area contributed by atoms with Crippen molar-refractivity contribution in [2.45, 2.75) is 32.9 Å². The molecule has 0 saturated carbocycles. The molecule has 1 rings (SSSR count). The lowest BCUT2D eigenvalue weighted by atomic mass is 10.1. The van der Waals surface area contributed by atoms with Gasteiger partial charge in [0, 0.05) is 30.9 Å². The minimum absolute atomic E-state index is 0.186. The van der Waals surface area contributed by atoms with Crippen molar-refractivity contribution in [3.05, 3.63) is 30.1 Å². The summed E-state index contributed by atoms with van der Waals surface area (Å²) in [5.74, 6) is -1.32. The van der Waals surface area contributed by atoms with Crippen molar-refractivity contribution in [2.24, 2.45) is 0 Å². The molecule has 17 heavy (non-hydrogen) atoms. The summed E-state index contributed by atoms with van der Waals surface area (Å²) in [5, 5.41) is 9.27. The molecule has 1 amide bonds. The zero-order valence-corrected chi connectivity index (χ0v) is 10.1. The van der Waals surface area contributed by atoms with Crippen LogP contribution in [0.1, 0.15) is 32.4 Å². The van der Waals surface area contributed by atoms with E-state index in [9.17, 15) is 14.7 Å². The fraction of sp³-hybridized carbons (Fsp3) is 0.417. The van der Waals surface area contributed by atoms with Crippen molar-refractivity contribution in [2.75, 3.05) is 0 Å². The van der Waals surface area contributed by atoms with E-state index < -0.39 is 12.0 Å². The van der Waals surface area contributed by atoms with Gasteiger partial charge in [0.25, 0.3) is 0 Å². The second-order valence-corrected chi connectivity index (χ2v) is 4.05. The summed E-state index contributed by atoms with van der Waals surface area (Å²) in [5.41, 5.74) is 0.504. The summed E-state index contributed by atoms with van der Waals surface area (Å²) in [6.45, 7) is 4.94. The molecule has 5 nitrogen and oxygen atoms in total. The number of hydrogen-bond donors (Lipinski definition) is 1. The molecular formula is C12H16N2O3. The first kappa shape index (κ1) is 13.2. The third-order valence-corrected chi connectivity index (χ3v) is 2.43. The zero-order valence-electron chi connectivity index (χ0n) is 10.1. The highest BCUT2D eigenvalue weighted by Crippen LogP contribution is 2.22. The number of hydrogen-bond acceptors (Lipinski definition) is 3. The van der Waals surface area contributed by atoms with Crippen LogP contribution in [0.25, 0.3) is 0 Å². The van der Waals surface area contributed by atoms with Gasteiger partial charge in [-0.25, -0.2) is 4.79 Å². The van der Waals surface area contributed by atoms with Crippen LogP contribution in [0, 0.1) is 0 Å². The molecule has 1 aromatic heterocycles. The summed E-state index contributed by atoms with van der Waals surface area (Å²) in [6.07, 6.45) is 3.03.